The van der Waals surface area contributed by atoms with Crippen LogP contribution < -0.4 is 10.0 Å². The summed E-state index contributed by atoms with van der Waals surface area (Å²) in [6.45, 7) is 1.04. The number of amides is 1. The Kier molecular flexibility index (Phi) is 8.03. The predicted molar refractivity (Wildman–Crippen MR) is 85.0 cm³/mol. The van der Waals surface area contributed by atoms with Crippen molar-refractivity contribution >= 4 is 21.9 Å². The highest BCUT2D eigenvalue weighted by molar-refractivity contribution is 7.89. The summed E-state index contributed by atoms with van der Waals surface area (Å²) in [5.41, 5.74) is 0. The molecular formula is C15H19F3N2O5S. The van der Waals surface area contributed by atoms with Crippen LogP contribution in [0.1, 0.15) is 26.2 Å². The molecular weight excluding hydrogens is 377 g/mol. The van der Waals surface area contributed by atoms with Crippen molar-refractivity contribution in [1.82, 2.24) is 10.0 Å². The van der Waals surface area contributed by atoms with Crippen LogP contribution in [0.2, 0.25) is 0 Å². The number of hydrogen-bond acceptors (Lipinski definition) is 5. The first-order chi connectivity index (χ1) is 12.1. The molecule has 146 valence electrons. The van der Waals surface area contributed by atoms with Gasteiger partial charge in [-0.1, -0.05) is 19.8 Å². The SMILES string of the molecule is CCCCC(NC(=O)CNS(=O)(=O)c1ccc(F)c(F)c1F)C(=O)OC. The molecule has 0 aliphatic carbocycles. The van der Waals surface area contributed by atoms with Gasteiger partial charge in [0.25, 0.3) is 0 Å². The first-order valence-electron chi connectivity index (χ1n) is 7.64. The fourth-order valence-electron chi connectivity index (χ4n) is 2.00. The number of carbonyl (C=O) groups is 2. The Bertz CT molecular complexity index is 771. The van der Waals surface area contributed by atoms with Crippen LogP contribution in [0.4, 0.5) is 13.2 Å². The number of esters is 1. The van der Waals surface area contributed by atoms with Crippen LogP contribution in [0.3, 0.4) is 0 Å². The summed E-state index contributed by atoms with van der Waals surface area (Å²) >= 11 is 0. The Balaban J connectivity index is 2.79. The molecule has 0 fully saturated rings. The quantitative estimate of drug-likeness (QED) is 0.483. The van der Waals surface area contributed by atoms with Gasteiger partial charge in [0.1, 0.15) is 10.9 Å². The second-order valence-electron chi connectivity index (χ2n) is 5.28. The molecule has 1 unspecified atom stereocenters. The maximum absolute atomic E-state index is 13.6. The normalized spacial score (nSPS) is 12.5. The van der Waals surface area contributed by atoms with Crippen LogP contribution in [-0.4, -0.2) is 40.0 Å². The number of methoxy groups -OCH3 is 1. The van der Waals surface area contributed by atoms with Crippen LogP contribution >= 0.6 is 0 Å². The number of unbranched alkanes of at least 4 members (excludes halogenated alkanes) is 1. The van der Waals surface area contributed by atoms with Crippen molar-refractivity contribution in [2.24, 2.45) is 0 Å². The van der Waals surface area contributed by atoms with Crippen LogP contribution in [0.15, 0.2) is 17.0 Å². The van der Waals surface area contributed by atoms with E-state index in [0.29, 0.717) is 25.0 Å². The van der Waals surface area contributed by atoms with Crippen LogP contribution in [0.5, 0.6) is 0 Å². The summed E-state index contributed by atoms with van der Waals surface area (Å²) in [5.74, 6) is -6.95. The summed E-state index contributed by atoms with van der Waals surface area (Å²) in [7, 11) is -3.47. The molecule has 0 aliphatic heterocycles. The second-order valence-corrected chi connectivity index (χ2v) is 7.02. The minimum atomic E-state index is -4.61. The van der Waals surface area contributed by atoms with Crippen LogP contribution in [-0.2, 0) is 24.3 Å². The van der Waals surface area contributed by atoms with Crippen LogP contribution in [0, 0.1) is 17.5 Å². The first kappa shape index (κ1) is 21.9. The van der Waals surface area contributed by atoms with Gasteiger partial charge in [0.15, 0.2) is 17.5 Å². The van der Waals surface area contributed by atoms with Crippen molar-refractivity contribution in [3.05, 3.63) is 29.6 Å². The molecule has 0 saturated carbocycles. The molecule has 2 N–H and O–H groups in total. The highest BCUT2D eigenvalue weighted by Crippen LogP contribution is 2.19. The lowest BCUT2D eigenvalue weighted by Gasteiger charge is -2.16. The number of benzene rings is 1. The number of nitrogens with one attached hydrogen (secondary N) is 2. The minimum absolute atomic E-state index is 0.291. The van der Waals surface area contributed by atoms with Gasteiger partial charge in [-0.25, -0.2) is 31.1 Å². The third-order valence-electron chi connectivity index (χ3n) is 3.38. The summed E-state index contributed by atoms with van der Waals surface area (Å²) in [6.07, 6.45) is 1.66. The van der Waals surface area contributed by atoms with Gasteiger partial charge in [-0.05, 0) is 18.6 Å². The molecule has 0 spiro atoms. The van der Waals surface area contributed by atoms with Gasteiger partial charge in [-0.15, -0.1) is 0 Å². The Hall–Kier alpha value is -2.14. The molecule has 7 nitrogen and oxygen atoms in total. The van der Waals surface area contributed by atoms with Crippen molar-refractivity contribution in [1.29, 1.82) is 0 Å². The summed E-state index contributed by atoms with van der Waals surface area (Å²) < 4.78 is 69.9. The highest BCUT2D eigenvalue weighted by atomic mass is 32.2. The third-order valence-corrected chi connectivity index (χ3v) is 4.80. The smallest absolute Gasteiger partial charge is 0.328 e. The molecule has 0 heterocycles. The van der Waals surface area contributed by atoms with Crippen molar-refractivity contribution in [3.8, 4) is 0 Å². The topological polar surface area (TPSA) is 102 Å². The maximum Gasteiger partial charge on any atom is 0.328 e. The van der Waals surface area contributed by atoms with Gasteiger partial charge in [0.05, 0.1) is 13.7 Å². The average molecular weight is 396 g/mol. The fraction of sp³-hybridized carbons (Fsp3) is 0.467. The van der Waals surface area contributed by atoms with Gasteiger partial charge in [-0.3, -0.25) is 4.79 Å². The maximum atomic E-state index is 13.6. The summed E-state index contributed by atoms with van der Waals surface area (Å²) in [6, 6.07) is 0.0225. The zero-order valence-corrected chi connectivity index (χ0v) is 15.0. The van der Waals surface area contributed by atoms with E-state index >= 15 is 0 Å². The van der Waals surface area contributed by atoms with E-state index in [1.54, 1.807) is 4.72 Å². The Morgan fingerprint density at radius 2 is 1.85 bits per heavy atom. The number of carbonyl (C=O) groups excluding carboxylic acids is 2. The highest BCUT2D eigenvalue weighted by Gasteiger charge is 2.26. The van der Waals surface area contributed by atoms with Crippen molar-refractivity contribution in [2.75, 3.05) is 13.7 Å². The van der Waals surface area contributed by atoms with Crippen molar-refractivity contribution in [2.45, 2.75) is 37.1 Å². The third kappa shape index (κ3) is 5.70. The van der Waals surface area contributed by atoms with E-state index in [1.807, 2.05) is 6.92 Å². The molecule has 0 aliphatic rings. The lowest BCUT2D eigenvalue weighted by Crippen LogP contribution is -2.46. The lowest BCUT2D eigenvalue weighted by atomic mass is 10.1. The molecule has 1 rings (SSSR count). The zero-order chi connectivity index (χ0) is 19.9. The Morgan fingerprint density at radius 3 is 2.42 bits per heavy atom. The number of hydrogen-bond donors (Lipinski definition) is 2. The molecule has 1 aromatic carbocycles. The summed E-state index contributed by atoms with van der Waals surface area (Å²) in [4.78, 5) is 22.3. The molecule has 26 heavy (non-hydrogen) atoms. The largest absolute Gasteiger partial charge is 0.467 e. The van der Waals surface area contributed by atoms with E-state index < -0.39 is 56.8 Å². The monoisotopic (exact) mass is 396 g/mol. The zero-order valence-electron chi connectivity index (χ0n) is 14.1. The second kappa shape index (κ2) is 9.53. The number of ether oxygens (including phenoxy) is 1. The molecule has 11 heteroatoms. The molecule has 1 aromatic rings. The lowest BCUT2D eigenvalue weighted by molar-refractivity contribution is -0.145. The molecule has 0 radical (unpaired) electrons. The Morgan fingerprint density at radius 1 is 1.19 bits per heavy atom. The van der Waals surface area contributed by atoms with Gasteiger partial charge in [0, 0.05) is 0 Å². The summed E-state index contributed by atoms with van der Waals surface area (Å²) in [5, 5.41) is 2.29. The molecule has 0 saturated heterocycles. The fourth-order valence-corrected chi connectivity index (χ4v) is 3.05. The Labute approximate surface area is 149 Å². The number of halogens is 3. The van der Waals surface area contributed by atoms with Gasteiger partial charge < -0.3 is 10.1 Å². The molecule has 1 amide bonds. The van der Waals surface area contributed by atoms with Gasteiger partial charge >= 0.3 is 5.97 Å². The number of rotatable bonds is 9. The predicted octanol–water partition coefficient (Wildman–Crippen LogP) is 1.23. The van der Waals surface area contributed by atoms with Crippen molar-refractivity contribution < 1.29 is 35.9 Å². The van der Waals surface area contributed by atoms with Crippen LogP contribution in [0.25, 0.3) is 0 Å². The van der Waals surface area contributed by atoms with Crippen molar-refractivity contribution in [3.63, 3.8) is 0 Å². The molecule has 0 bridgehead atoms. The van der Waals surface area contributed by atoms with Gasteiger partial charge in [-0.2, -0.15) is 0 Å². The standard InChI is InChI=1S/C15H19F3N2O5S/c1-3-4-5-10(15(22)25-2)20-12(21)8-19-26(23,24)11-7-6-9(16)13(17)14(11)18/h6-7,10,19H,3-5,8H2,1-2H3,(H,20,21). The van der Waals surface area contributed by atoms with Gasteiger partial charge in [0.2, 0.25) is 15.9 Å². The van der Waals surface area contributed by atoms with E-state index in [9.17, 15) is 31.2 Å². The van der Waals surface area contributed by atoms with E-state index in [2.05, 4.69) is 10.1 Å². The first-order valence-corrected chi connectivity index (χ1v) is 9.12. The van der Waals surface area contributed by atoms with E-state index in [1.165, 1.54) is 0 Å². The average Bonchev–Trinajstić information content (AvgIpc) is 2.60. The van der Waals surface area contributed by atoms with E-state index in [-0.39, 0.29) is 0 Å². The molecule has 1 atom stereocenters. The molecule has 0 aromatic heterocycles. The minimum Gasteiger partial charge on any atom is -0.467 e. The number of sulfonamides is 1. The van der Waals surface area contributed by atoms with E-state index in [0.717, 1.165) is 13.5 Å². The van der Waals surface area contributed by atoms with E-state index in [4.69, 9.17) is 0 Å².